The molecule has 1 heterocycles. The first-order valence-electron chi connectivity index (χ1n) is 3.12. The number of hydrogen-bond acceptors (Lipinski definition) is 3. The predicted molar refractivity (Wildman–Crippen MR) is 40.6 cm³/mol. The Bertz CT molecular complexity index is 283. The van der Waals surface area contributed by atoms with Crippen LogP contribution in [0.5, 0.6) is 0 Å². The molecular weight excluding hydrogens is 142 g/mol. The second-order valence-corrected chi connectivity index (χ2v) is 2.28. The molecule has 1 aromatic rings. The van der Waals surface area contributed by atoms with Crippen LogP contribution in [0.4, 0.5) is 0 Å². The number of carbonyl (C=O) groups excluding carboxylic acids is 1. The lowest BCUT2D eigenvalue weighted by Gasteiger charge is -2.11. The molecule has 1 aliphatic heterocycles. The molecule has 1 aromatic carbocycles. The average Bonchev–Trinajstić information content (AvgIpc) is 1.99. The third kappa shape index (κ3) is 1.23. The second-order valence-electron chi connectivity index (χ2n) is 2.28. The zero-order valence-corrected chi connectivity index (χ0v) is 6.04. The summed E-state index contributed by atoms with van der Waals surface area (Å²) >= 11 is 0. The van der Waals surface area contributed by atoms with E-state index in [9.17, 15) is 4.79 Å². The summed E-state index contributed by atoms with van der Waals surface area (Å²) in [5.41, 5.74) is 1.72. The molecule has 0 saturated heterocycles. The molecule has 0 radical (unpaired) electrons. The average molecular weight is 151 g/mol. The van der Waals surface area contributed by atoms with Gasteiger partial charge in [-0.3, -0.25) is 0 Å². The van der Waals surface area contributed by atoms with Gasteiger partial charge in [0.15, 0.2) is 0 Å². The molecule has 3 nitrogen and oxygen atoms in total. The van der Waals surface area contributed by atoms with Crippen LogP contribution in [0.2, 0.25) is 0 Å². The fourth-order valence-electron chi connectivity index (χ4n) is 1.02. The monoisotopic (exact) mass is 151 g/mol. The van der Waals surface area contributed by atoms with Gasteiger partial charge in [-0.15, -0.1) is 0 Å². The Hall–Kier alpha value is -1.35. The molecule has 2 bridgehead atoms. The van der Waals surface area contributed by atoms with E-state index in [1.54, 1.807) is 6.07 Å². The summed E-state index contributed by atoms with van der Waals surface area (Å²) < 4.78 is 4.82. The Morgan fingerprint density at radius 1 is 1.36 bits per heavy atom. The summed E-state index contributed by atoms with van der Waals surface area (Å²) in [5, 5.41) is 0. The molecule has 58 valence electrons. The molecule has 0 fully saturated rings. The molecule has 0 amide bonds. The van der Waals surface area contributed by atoms with Gasteiger partial charge in [0.25, 0.3) is 0 Å². The van der Waals surface area contributed by atoms with E-state index in [0.717, 1.165) is 5.56 Å². The van der Waals surface area contributed by atoms with Crippen molar-refractivity contribution in [2.24, 2.45) is 0 Å². The van der Waals surface area contributed by atoms with Gasteiger partial charge in [0.2, 0.25) is 0 Å². The Balaban J connectivity index is 0.000000605. The van der Waals surface area contributed by atoms with Crippen LogP contribution >= 0.6 is 0 Å². The van der Waals surface area contributed by atoms with Gasteiger partial charge in [0.05, 0.1) is 5.56 Å². The molecule has 0 saturated carbocycles. The molecule has 1 aliphatic rings. The van der Waals surface area contributed by atoms with Crippen LogP contribution in [0.3, 0.4) is 0 Å². The minimum atomic E-state index is -0.215. The summed E-state index contributed by atoms with van der Waals surface area (Å²) in [5.74, 6) is -0.215. The Morgan fingerprint density at radius 3 is 2.91 bits per heavy atom. The van der Waals surface area contributed by atoms with Crippen LogP contribution in [-0.2, 0) is 11.3 Å². The van der Waals surface area contributed by atoms with E-state index in [-0.39, 0.29) is 12.1 Å². The highest BCUT2D eigenvalue weighted by Gasteiger charge is 2.12. The molecule has 0 unspecified atom stereocenters. The van der Waals surface area contributed by atoms with Crippen LogP contribution in [0.25, 0.3) is 0 Å². The lowest BCUT2D eigenvalue weighted by Crippen LogP contribution is -2.10. The van der Waals surface area contributed by atoms with Crippen molar-refractivity contribution in [3.63, 3.8) is 0 Å². The summed E-state index contributed by atoms with van der Waals surface area (Å²) in [7, 11) is 0. The molecule has 0 aliphatic carbocycles. The first-order chi connectivity index (χ1) is 4.86. The maximum Gasteiger partial charge on any atom is 0.338 e. The summed E-state index contributed by atoms with van der Waals surface area (Å²) in [6.45, 7) is 0.423. The Labute approximate surface area is 64.6 Å². The van der Waals surface area contributed by atoms with Crippen molar-refractivity contribution in [3.8, 4) is 0 Å². The van der Waals surface area contributed by atoms with Crippen molar-refractivity contribution < 1.29 is 9.53 Å². The van der Waals surface area contributed by atoms with Crippen molar-refractivity contribution in [1.29, 1.82) is 0 Å². The molecule has 11 heavy (non-hydrogen) atoms. The van der Waals surface area contributed by atoms with E-state index in [2.05, 4.69) is 0 Å². The largest absolute Gasteiger partial charge is 0.457 e. The molecular formula is C8H9NO2. The van der Waals surface area contributed by atoms with E-state index in [4.69, 9.17) is 4.74 Å². The van der Waals surface area contributed by atoms with Crippen LogP contribution in [-0.4, -0.2) is 5.97 Å². The number of fused-ring (bicyclic) bond motifs is 2. The SMILES string of the molecule is N.O=C1OCc2cccc1c2. The Morgan fingerprint density at radius 2 is 2.18 bits per heavy atom. The lowest BCUT2D eigenvalue weighted by atomic mass is 10.1. The van der Waals surface area contributed by atoms with Crippen molar-refractivity contribution in [3.05, 3.63) is 35.4 Å². The van der Waals surface area contributed by atoms with Gasteiger partial charge in [0, 0.05) is 0 Å². The van der Waals surface area contributed by atoms with E-state index < -0.39 is 0 Å². The maximum absolute atomic E-state index is 10.8. The number of benzene rings is 1. The van der Waals surface area contributed by atoms with Crippen LogP contribution < -0.4 is 6.15 Å². The quantitative estimate of drug-likeness (QED) is 0.572. The number of hydrogen-bond donors (Lipinski definition) is 1. The molecule has 2 rings (SSSR count). The Kier molecular flexibility index (Phi) is 1.92. The van der Waals surface area contributed by atoms with Gasteiger partial charge in [-0.2, -0.15) is 0 Å². The molecule has 0 aromatic heterocycles. The van der Waals surface area contributed by atoms with Gasteiger partial charge in [-0.25, -0.2) is 4.79 Å². The lowest BCUT2D eigenvalue weighted by molar-refractivity contribution is 0.0454. The number of rotatable bonds is 0. The third-order valence-corrected chi connectivity index (χ3v) is 1.53. The summed E-state index contributed by atoms with van der Waals surface area (Å²) in [4.78, 5) is 10.8. The maximum atomic E-state index is 10.8. The summed E-state index contributed by atoms with van der Waals surface area (Å²) in [6.07, 6.45) is 0. The summed E-state index contributed by atoms with van der Waals surface area (Å²) in [6, 6.07) is 7.41. The van der Waals surface area contributed by atoms with E-state index in [1.807, 2.05) is 18.2 Å². The minimum Gasteiger partial charge on any atom is -0.457 e. The number of carbonyl (C=O) groups is 1. The van der Waals surface area contributed by atoms with Crippen LogP contribution in [0.1, 0.15) is 15.9 Å². The first-order valence-corrected chi connectivity index (χ1v) is 3.12. The van der Waals surface area contributed by atoms with Gasteiger partial charge in [-0.05, 0) is 17.7 Å². The normalized spacial score (nSPS) is 13.3. The zero-order chi connectivity index (χ0) is 6.97. The highest BCUT2D eigenvalue weighted by Crippen LogP contribution is 2.13. The molecule has 0 atom stereocenters. The zero-order valence-electron chi connectivity index (χ0n) is 6.04. The molecule has 0 spiro atoms. The van der Waals surface area contributed by atoms with E-state index in [0.29, 0.717) is 12.2 Å². The number of esters is 1. The smallest absolute Gasteiger partial charge is 0.338 e. The van der Waals surface area contributed by atoms with Gasteiger partial charge >= 0.3 is 5.97 Å². The predicted octanol–water partition coefficient (Wildman–Crippen LogP) is 1.52. The fraction of sp³-hybridized carbons (Fsp3) is 0.125. The second kappa shape index (κ2) is 2.72. The van der Waals surface area contributed by atoms with Gasteiger partial charge in [0.1, 0.15) is 6.61 Å². The van der Waals surface area contributed by atoms with Crippen LogP contribution in [0, 0.1) is 0 Å². The molecule has 3 N–H and O–H groups in total. The van der Waals surface area contributed by atoms with Gasteiger partial charge < -0.3 is 10.9 Å². The number of cyclic esters (lactones) is 1. The van der Waals surface area contributed by atoms with E-state index >= 15 is 0 Å². The third-order valence-electron chi connectivity index (χ3n) is 1.53. The standard InChI is InChI=1S/C8H6O2.H3N/c9-8-7-3-1-2-6(4-7)5-10-8;/h1-4H,5H2;1H3. The highest BCUT2D eigenvalue weighted by atomic mass is 16.5. The van der Waals surface area contributed by atoms with Crippen molar-refractivity contribution >= 4 is 5.97 Å². The highest BCUT2D eigenvalue weighted by molar-refractivity contribution is 5.90. The van der Waals surface area contributed by atoms with Crippen molar-refractivity contribution in [2.75, 3.05) is 0 Å². The van der Waals surface area contributed by atoms with Gasteiger partial charge in [-0.1, -0.05) is 12.1 Å². The van der Waals surface area contributed by atoms with Crippen molar-refractivity contribution in [2.45, 2.75) is 6.61 Å². The first kappa shape index (κ1) is 7.75. The number of ether oxygens (including phenoxy) is 1. The topological polar surface area (TPSA) is 61.3 Å². The van der Waals surface area contributed by atoms with E-state index in [1.165, 1.54) is 0 Å². The fourth-order valence-corrected chi connectivity index (χ4v) is 1.02. The minimum absolute atomic E-state index is 0. The van der Waals surface area contributed by atoms with Crippen molar-refractivity contribution in [1.82, 2.24) is 6.15 Å². The molecule has 3 heteroatoms. The van der Waals surface area contributed by atoms with Crippen LogP contribution in [0.15, 0.2) is 24.3 Å².